The number of benzene rings is 1. The number of hydrogen-bond acceptors (Lipinski definition) is 2. The van der Waals surface area contributed by atoms with E-state index in [1.54, 1.807) is 0 Å². The number of hydrogen-bond donors (Lipinski definition) is 0. The van der Waals surface area contributed by atoms with Gasteiger partial charge in [0.15, 0.2) is 6.29 Å². The molecule has 0 unspecified atom stereocenters. The highest BCUT2D eigenvalue weighted by Gasteiger charge is 2.04. The number of pyridine rings is 1. The Balaban J connectivity index is 2.88. The predicted octanol–water partition coefficient (Wildman–Crippen LogP) is 2.84. The summed E-state index contributed by atoms with van der Waals surface area (Å²) in [6, 6.07) is 5.45. The smallest absolute Gasteiger partial charge is 0.150 e. The molecule has 0 aliphatic heterocycles. The zero-order valence-electron chi connectivity index (χ0n) is 7.00. The molecule has 2 nitrogen and oxygen atoms in total. The van der Waals surface area contributed by atoms with Crippen molar-refractivity contribution in [2.75, 3.05) is 0 Å². The minimum absolute atomic E-state index is 0.228. The average molecular weight is 210 g/mol. The summed E-state index contributed by atoms with van der Waals surface area (Å²) < 4.78 is 12.9. The third kappa shape index (κ3) is 1.46. The third-order valence-electron chi connectivity index (χ3n) is 1.90. The molecule has 1 heterocycles. The summed E-state index contributed by atoms with van der Waals surface area (Å²) in [6.07, 6.45) is 0.634. The fourth-order valence-electron chi connectivity index (χ4n) is 1.29. The number of fused-ring (bicyclic) bond motifs is 1. The molecule has 0 spiro atoms. The van der Waals surface area contributed by atoms with Gasteiger partial charge in [0.2, 0.25) is 0 Å². The summed E-state index contributed by atoms with van der Waals surface area (Å²) in [7, 11) is 0. The molecule has 2 aromatic rings. The summed E-state index contributed by atoms with van der Waals surface area (Å²) in [4.78, 5) is 14.6. The Bertz CT molecular complexity index is 513. The average Bonchev–Trinajstić information content (AvgIpc) is 2.17. The predicted molar refractivity (Wildman–Crippen MR) is 52.1 cm³/mol. The van der Waals surface area contributed by atoms with E-state index in [0.717, 1.165) is 0 Å². The van der Waals surface area contributed by atoms with E-state index in [0.29, 0.717) is 22.8 Å². The number of nitrogens with zero attached hydrogens (tertiary/aromatic N) is 1. The molecular formula is C10H5ClFNO. The lowest BCUT2D eigenvalue weighted by Gasteiger charge is -2.00. The van der Waals surface area contributed by atoms with Crippen LogP contribution in [-0.2, 0) is 0 Å². The standard InChI is InChI=1S/C10H5ClFNO/c11-10-3-6(5-14)8-4-7(12)1-2-9(8)13-10/h1-5H. The molecule has 0 saturated carbocycles. The molecule has 70 valence electrons. The van der Waals surface area contributed by atoms with Crippen LogP contribution in [-0.4, -0.2) is 11.3 Å². The minimum atomic E-state index is -0.398. The molecule has 0 amide bonds. The molecule has 0 saturated heterocycles. The molecule has 0 bridgehead atoms. The number of carbonyl (C=O) groups excluding carboxylic acids is 1. The van der Waals surface area contributed by atoms with Crippen LogP contribution in [0.4, 0.5) is 4.39 Å². The van der Waals surface area contributed by atoms with Gasteiger partial charge >= 0.3 is 0 Å². The fourth-order valence-corrected chi connectivity index (χ4v) is 1.50. The van der Waals surface area contributed by atoms with Gasteiger partial charge in [-0.05, 0) is 24.3 Å². The van der Waals surface area contributed by atoms with Crippen molar-refractivity contribution in [1.82, 2.24) is 4.98 Å². The van der Waals surface area contributed by atoms with Crippen LogP contribution in [0.15, 0.2) is 24.3 Å². The summed E-state index contributed by atoms with van der Waals surface area (Å²) in [5.74, 6) is -0.398. The number of carbonyl (C=O) groups is 1. The van der Waals surface area contributed by atoms with Crippen LogP contribution in [0, 0.1) is 5.82 Å². The van der Waals surface area contributed by atoms with E-state index < -0.39 is 5.82 Å². The molecule has 0 atom stereocenters. The van der Waals surface area contributed by atoms with Gasteiger partial charge in [0.25, 0.3) is 0 Å². The van der Waals surface area contributed by atoms with Crippen molar-refractivity contribution in [2.45, 2.75) is 0 Å². The Kier molecular flexibility index (Phi) is 2.17. The summed E-state index contributed by atoms with van der Waals surface area (Å²) in [5, 5.41) is 0.704. The molecular weight excluding hydrogens is 205 g/mol. The van der Waals surface area contributed by atoms with Gasteiger partial charge in [0.1, 0.15) is 11.0 Å². The maximum absolute atomic E-state index is 12.9. The van der Waals surface area contributed by atoms with Crippen LogP contribution < -0.4 is 0 Å². The van der Waals surface area contributed by atoms with Crippen molar-refractivity contribution < 1.29 is 9.18 Å². The first-order valence-electron chi connectivity index (χ1n) is 3.91. The van der Waals surface area contributed by atoms with E-state index in [1.165, 1.54) is 24.3 Å². The van der Waals surface area contributed by atoms with Crippen LogP contribution in [0.1, 0.15) is 10.4 Å². The Morgan fingerprint density at radius 2 is 2.14 bits per heavy atom. The fraction of sp³-hybridized carbons (Fsp3) is 0. The largest absolute Gasteiger partial charge is 0.298 e. The van der Waals surface area contributed by atoms with E-state index in [4.69, 9.17) is 11.6 Å². The number of aldehydes is 1. The molecule has 0 fully saturated rings. The minimum Gasteiger partial charge on any atom is -0.298 e. The molecule has 0 aliphatic rings. The Morgan fingerprint density at radius 1 is 1.36 bits per heavy atom. The van der Waals surface area contributed by atoms with Crippen molar-refractivity contribution in [3.8, 4) is 0 Å². The molecule has 2 rings (SSSR count). The number of rotatable bonds is 1. The van der Waals surface area contributed by atoms with Crippen LogP contribution in [0.3, 0.4) is 0 Å². The Hall–Kier alpha value is -1.48. The summed E-state index contributed by atoms with van der Waals surface area (Å²) in [5.41, 5.74) is 0.862. The second-order valence-corrected chi connectivity index (χ2v) is 3.20. The molecule has 14 heavy (non-hydrogen) atoms. The lowest BCUT2D eigenvalue weighted by atomic mass is 10.1. The third-order valence-corrected chi connectivity index (χ3v) is 2.09. The highest BCUT2D eigenvalue weighted by molar-refractivity contribution is 6.30. The van der Waals surface area contributed by atoms with Crippen molar-refractivity contribution in [1.29, 1.82) is 0 Å². The first kappa shape index (κ1) is 9.09. The second kappa shape index (κ2) is 3.35. The first-order chi connectivity index (χ1) is 6.70. The van der Waals surface area contributed by atoms with E-state index in [-0.39, 0.29) is 5.15 Å². The topological polar surface area (TPSA) is 30.0 Å². The van der Waals surface area contributed by atoms with Crippen molar-refractivity contribution in [3.63, 3.8) is 0 Å². The van der Waals surface area contributed by atoms with Crippen molar-refractivity contribution in [3.05, 3.63) is 40.8 Å². The summed E-state index contributed by atoms with van der Waals surface area (Å²) >= 11 is 5.68. The Labute approximate surface area is 84.3 Å². The van der Waals surface area contributed by atoms with Crippen LogP contribution in [0.2, 0.25) is 5.15 Å². The van der Waals surface area contributed by atoms with Crippen molar-refractivity contribution >= 4 is 28.8 Å². The lowest BCUT2D eigenvalue weighted by molar-refractivity contribution is 0.112. The molecule has 1 aromatic carbocycles. The quantitative estimate of drug-likeness (QED) is 0.534. The molecule has 0 radical (unpaired) electrons. The number of aromatic nitrogens is 1. The first-order valence-corrected chi connectivity index (χ1v) is 4.29. The second-order valence-electron chi connectivity index (χ2n) is 2.81. The maximum atomic E-state index is 12.9. The van der Waals surface area contributed by atoms with Gasteiger partial charge in [-0.1, -0.05) is 11.6 Å². The van der Waals surface area contributed by atoms with E-state index in [2.05, 4.69) is 4.98 Å². The van der Waals surface area contributed by atoms with E-state index >= 15 is 0 Å². The highest BCUT2D eigenvalue weighted by Crippen LogP contribution is 2.20. The Morgan fingerprint density at radius 3 is 2.86 bits per heavy atom. The zero-order chi connectivity index (χ0) is 10.1. The van der Waals surface area contributed by atoms with Gasteiger partial charge in [-0.25, -0.2) is 9.37 Å². The molecule has 1 aromatic heterocycles. The monoisotopic (exact) mass is 209 g/mol. The van der Waals surface area contributed by atoms with Gasteiger partial charge in [0, 0.05) is 10.9 Å². The van der Waals surface area contributed by atoms with Crippen molar-refractivity contribution in [2.24, 2.45) is 0 Å². The molecule has 4 heteroatoms. The lowest BCUT2D eigenvalue weighted by Crippen LogP contribution is -1.88. The van der Waals surface area contributed by atoms with Crippen LogP contribution >= 0.6 is 11.6 Å². The SMILES string of the molecule is O=Cc1cc(Cl)nc2ccc(F)cc12. The van der Waals surface area contributed by atoms with Gasteiger partial charge in [-0.3, -0.25) is 4.79 Å². The molecule has 0 N–H and O–H groups in total. The van der Waals surface area contributed by atoms with E-state index in [1.807, 2.05) is 0 Å². The van der Waals surface area contributed by atoms with Crippen LogP contribution in [0.25, 0.3) is 10.9 Å². The maximum Gasteiger partial charge on any atom is 0.150 e. The normalized spacial score (nSPS) is 10.4. The molecule has 0 aliphatic carbocycles. The van der Waals surface area contributed by atoms with Crippen LogP contribution in [0.5, 0.6) is 0 Å². The van der Waals surface area contributed by atoms with Gasteiger partial charge in [-0.2, -0.15) is 0 Å². The summed E-state index contributed by atoms with van der Waals surface area (Å²) in [6.45, 7) is 0. The van der Waals surface area contributed by atoms with Gasteiger partial charge in [0.05, 0.1) is 5.52 Å². The number of halogens is 2. The van der Waals surface area contributed by atoms with Gasteiger partial charge < -0.3 is 0 Å². The zero-order valence-corrected chi connectivity index (χ0v) is 7.75. The highest BCUT2D eigenvalue weighted by atomic mass is 35.5. The van der Waals surface area contributed by atoms with Gasteiger partial charge in [-0.15, -0.1) is 0 Å². The van der Waals surface area contributed by atoms with E-state index in [9.17, 15) is 9.18 Å².